The molecule has 0 bridgehead atoms. The van der Waals surface area contributed by atoms with E-state index >= 15 is 0 Å². The summed E-state index contributed by atoms with van der Waals surface area (Å²) in [4.78, 5) is 5.23. The molecule has 24 heavy (non-hydrogen) atoms. The van der Waals surface area contributed by atoms with Gasteiger partial charge in [-0.2, -0.15) is 0 Å². The van der Waals surface area contributed by atoms with Crippen molar-refractivity contribution in [3.63, 3.8) is 0 Å². The molecule has 3 saturated heterocycles. The first-order valence-electron chi connectivity index (χ1n) is 10.00. The van der Waals surface area contributed by atoms with E-state index in [0.29, 0.717) is 6.04 Å². The quantitative estimate of drug-likeness (QED) is 0.804. The number of ether oxygens (including phenoxy) is 1. The minimum atomic E-state index is 0.650. The second kappa shape index (κ2) is 7.45. The lowest BCUT2D eigenvalue weighted by atomic mass is 10.0. The van der Waals surface area contributed by atoms with Gasteiger partial charge in [-0.1, -0.05) is 18.6 Å². The molecule has 1 aromatic rings. The molecule has 3 nitrogen and oxygen atoms in total. The normalized spacial score (nSPS) is 31.3. The topological polar surface area (TPSA) is 15.7 Å². The van der Waals surface area contributed by atoms with Gasteiger partial charge in [0.2, 0.25) is 0 Å². The van der Waals surface area contributed by atoms with E-state index in [0.717, 1.165) is 30.9 Å². The Bertz CT molecular complexity index is 529. The van der Waals surface area contributed by atoms with Crippen molar-refractivity contribution in [1.82, 2.24) is 9.80 Å². The fourth-order valence-electron chi connectivity index (χ4n) is 5.06. The van der Waals surface area contributed by atoms with Crippen LogP contribution in [0.4, 0.5) is 0 Å². The van der Waals surface area contributed by atoms with Crippen LogP contribution in [-0.4, -0.2) is 48.6 Å². The molecule has 0 aromatic heterocycles. The van der Waals surface area contributed by atoms with Gasteiger partial charge in [0, 0.05) is 18.1 Å². The third-order valence-electron chi connectivity index (χ3n) is 6.50. The van der Waals surface area contributed by atoms with Gasteiger partial charge in [-0.3, -0.25) is 4.90 Å². The van der Waals surface area contributed by atoms with E-state index in [1.165, 1.54) is 63.6 Å². The van der Waals surface area contributed by atoms with Gasteiger partial charge in [-0.15, -0.1) is 0 Å². The van der Waals surface area contributed by atoms with E-state index < -0.39 is 0 Å². The molecule has 0 spiro atoms. The number of rotatable bonds is 5. The Kier molecular flexibility index (Phi) is 5.09. The SMILES string of the molecule is CN1CCCC1CCOc1ccc([C@H]2CC[C@H]3CCCCN32)cc1. The van der Waals surface area contributed by atoms with E-state index in [2.05, 4.69) is 41.1 Å². The number of piperidine rings is 1. The summed E-state index contributed by atoms with van der Waals surface area (Å²) >= 11 is 0. The van der Waals surface area contributed by atoms with Crippen molar-refractivity contribution in [1.29, 1.82) is 0 Å². The molecular formula is C21H32N2O. The predicted molar refractivity (Wildman–Crippen MR) is 98.5 cm³/mol. The molecule has 0 radical (unpaired) electrons. The van der Waals surface area contributed by atoms with Crippen LogP contribution >= 0.6 is 0 Å². The van der Waals surface area contributed by atoms with Crippen molar-refractivity contribution in [3.05, 3.63) is 29.8 Å². The third kappa shape index (κ3) is 3.48. The zero-order valence-electron chi connectivity index (χ0n) is 15.1. The van der Waals surface area contributed by atoms with E-state index in [4.69, 9.17) is 4.74 Å². The van der Waals surface area contributed by atoms with Gasteiger partial charge < -0.3 is 9.64 Å². The Morgan fingerprint density at radius 1 is 0.958 bits per heavy atom. The van der Waals surface area contributed by atoms with E-state index in [1.54, 1.807) is 0 Å². The van der Waals surface area contributed by atoms with Crippen molar-refractivity contribution < 1.29 is 4.74 Å². The molecule has 4 rings (SSSR count). The molecule has 0 N–H and O–H groups in total. The Labute approximate surface area is 147 Å². The summed E-state index contributed by atoms with van der Waals surface area (Å²) in [5.41, 5.74) is 1.49. The maximum atomic E-state index is 6.00. The Morgan fingerprint density at radius 2 is 1.83 bits per heavy atom. The Hall–Kier alpha value is -1.06. The van der Waals surface area contributed by atoms with Crippen LogP contribution in [0.3, 0.4) is 0 Å². The van der Waals surface area contributed by atoms with Crippen LogP contribution in [0.1, 0.15) is 63.0 Å². The Balaban J connectivity index is 1.30. The maximum absolute atomic E-state index is 6.00. The lowest BCUT2D eigenvalue weighted by molar-refractivity contribution is 0.150. The molecule has 0 saturated carbocycles. The summed E-state index contributed by atoms with van der Waals surface area (Å²) in [5.74, 6) is 1.03. The van der Waals surface area contributed by atoms with Crippen LogP contribution in [0.25, 0.3) is 0 Å². The van der Waals surface area contributed by atoms with Gasteiger partial charge in [0.05, 0.1) is 6.61 Å². The minimum Gasteiger partial charge on any atom is -0.494 e. The fraction of sp³-hybridized carbons (Fsp3) is 0.714. The minimum absolute atomic E-state index is 0.650. The zero-order chi connectivity index (χ0) is 16.4. The van der Waals surface area contributed by atoms with Crippen LogP contribution in [0, 0.1) is 0 Å². The smallest absolute Gasteiger partial charge is 0.119 e. The average molecular weight is 329 g/mol. The lowest BCUT2D eigenvalue weighted by Crippen LogP contribution is -2.35. The van der Waals surface area contributed by atoms with Gasteiger partial charge in [0.15, 0.2) is 0 Å². The van der Waals surface area contributed by atoms with Crippen LogP contribution in [0.5, 0.6) is 5.75 Å². The second-order valence-corrected chi connectivity index (χ2v) is 7.96. The summed E-state index contributed by atoms with van der Waals surface area (Å²) < 4.78 is 6.00. The first kappa shape index (κ1) is 16.4. The van der Waals surface area contributed by atoms with Crippen LogP contribution in [-0.2, 0) is 0 Å². The van der Waals surface area contributed by atoms with Crippen molar-refractivity contribution in [2.24, 2.45) is 0 Å². The molecule has 3 atom stereocenters. The van der Waals surface area contributed by atoms with Crippen LogP contribution in [0.15, 0.2) is 24.3 Å². The van der Waals surface area contributed by atoms with Gasteiger partial charge >= 0.3 is 0 Å². The summed E-state index contributed by atoms with van der Waals surface area (Å²) in [5, 5.41) is 0. The van der Waals surface area contributed by atoms with Crippen LogP contribution < -0.4 is 4.74 Å². The maximum Gasteiger partial charge on any atom is 0.119 e. The fourth-order valence-corrected chi connectivity index (χ4v) is 5.06. The van der Waals surface area contributed by atoms with E-state index in [-0.39, 0.29) is 0 Å². The molecule has 3 aliphatic heterocycles. The number of likely N-dealkylation sites (tertiary alicyclic amines) is 1. The molecule has 0 amide bonds. The third-order valence-corrected chi connectivity index (χ3v) is 6.50. The van der Waals surface area contributed by atoms with E-state index in [9.17, 15) is 0 Å². The van der Waals surface area contributed by atoms with Crippen molar-refractivity contribution in [3.8, 4) is 5.75 Å². The Morgan fingerprint density at radius 3 is 2.62 bits per heavy atom. The van der Waals surface area contributed by atoms with Gasteiger partial charge in [-0.05, 0) is 82.8 Å². The highest BCUT2D eigenvalue weighted by molar-refractivity contribution is 5.30. The zero-order valence-corrected chi connectivity index (χ0v) is 15.1. The first-order valence-corrected chi connectivity index (χ1v) is 10.00. The molecule has 0 aliphatic carbocycles. The molecule has 3 fully saturated rings. The summed E-state index contributed by atoms with van der Waals surface area (Å²) in [6, 6.07) is 11.2. The molecule has 1 aromatic carbocycles. The van der Waals surface area contributed by atoms with Crippen molar-refractivity contribution >= 4 is 0 Å². The average Bonchev–Trinajstić information content (AvgIpc) is 3.22. The monoisotopic (exact) mass is 328 g/mol. The summed E-state index contributed by atoms with van der Waals surface area (Å²) in [7, 11) is 2.24. The largest absolute Gasteiger partial charge is 0.494 e. The molecule has 132 valence electrons. The highest BCUT2D eigenvalue weighted by atomic mass is 16.5. The highest BCUT2D eigenvalue weighted by Crippen LogP contribution is 2.40. The number of hydrogen-bond acceptors (Lipinski definition) is 3. The first-order chi connectivity index (χ1) is 11.8. The number of nitrogens with zero attached hydrogens (tertiary/aromatic N) is 2. The predicted octanol–water partition coefficient (Wildman–Crippen LogP) is 4.24. The second-order valence-electron chi connectivity index (χ2n) is 7.96. The standard InChI is InChI=1S/C21H32N2O/c1-22-14-4-6-18(22)13-16-24-20-10-7-17(8-11-20)21-12-9-19-5-2-3-15-23(19)21/h7-8,10-11,18-19,21H,2-6,9,12-16H2,1H3/t18?,19-,21-/m1/s1. The number of hydrogen-bond donors (Lipinski definition) is 0. The molecule has 3 heterocycles. The summed E-state index contributed by atoms with van der Waals surface area (Å²) in [6.07, 6.45) is 10.8. The van der Waals surface area contributed by atoms with Gasteiger partial charge in [-0.25, -0.2) is 0 Å². The van der Waals surface area contributed by atoms with Gasteiger partial charge in [0.1, 0.15) is 5.75 Å². The van der Waals surface area contributed by atoms with Gasteiger partial charge in [0.25, 0.3) is 0 Å². The molecule has 3 aliphatic rings. The highest BCUT2D eigenvalue weighted by Gasteiger charge is 2.35. The summed E-state index contributed by atoms with van der Waals surface area (Å²) in [6.45, 7) is 3.38. The number of benzene rings is 1. The molecule has 1 unspecified atom stereocenters. The van der Waals surface area contributed by atoms with Crippen molar-refractivity contribution in [2.75, 3.05) is 26.7 Å². The van der Waals surface area contributed by atoms with Crippen molar-refractivity contribution in [2.45, 2.75) is 69.5 Å². The molecular weight excluding hydrogens is 296 g/mol. The van der Waals surface area contributed by atoms with Crippen LogP contribution in [0.2, 0.25) is 0 Å². The molecule has 3 heteroatoms. The van der Waals surface area contributed by atoms with E-state index in [1.807, 2.05) is 0 Å². The lowest BCUT2D eigenvalue weighted by Gasteiger charge is -2.34. The number of fused-ring (bicyclic) bond motifs is 1.